The molecule has 0 bridgehead atoms. The van der Waals surface area contributed by atoms with Gasteiger partial charge in [-0.1, -0.05) is 23.7 Å². The van der Waals surface area contributed by atoms with Gasteiger partial charge in [0, 0.05) is 19.2 Å². The zero-order valence-corrected chi connectivity index (χ0v) is 14.8. The second kappa shape index (κ2) is 7.84. The van der Waals surface area contributed by atoms with Crippen LogP contribution in [-0.2, 0) is 9.47 Å². The number of hydrogen-bond acceptors (Lipinski definition) is 7. The molecule has 9 heteroatoms. The number of morpholine rings is 1. The molecule has 0 aliphatic carbocycles. The normalized spacial score (nSPS) is 20.0. The average molecular weight is 381 g/mol. The highest BCUT2D eigenvalue weighted by Gasteiger charge is 2.30. The van der Waals surface area contributed by atoms with Gasteiger partial charge >= 0.3 is 5.97 Å². The maximum atomic E-state index is 13.4. The minimum absolute atomic E-state index is 0.205. The highest BCUT2D eigenvalue weighted by molar-refractivity contribution is 6.29. The summed E-state index contributed by atoms with van der Waals surface area (Å²) in [4.78, 5) is 13.4. The molecule has 0 saturated carbocycles. The minimum atomic E-state index is -0.639. The van der Waals surface area contributed by atoms with Gasteiger partial charge in [-0.2, -0.15) is 0 Å². The van der Waals surface area contributed by atoms with Gasteiger partial charge in [-0.25, -0.2) is 9.18 Å². The summed E-state index contributed by atoms with van der Waals surface area (Å²) >= 11 is 5.92. The number of carbonyl (C=O) groups excluding carboxylic acids is 1. The molecule has 1 aromatic carbocycles. The second-order valence-corrected chi connectivity index (χ2v) is 6.24. The summed E-state index contributed by atoms with van der Waals surface area (Å²) in [5, 5.41) is 7.72. The zero-order valence-electron chi connectivity index (χ0n) is 14.1. The zero-order chi connectivity index (χ0) is 18.7. The van der Waals surface area contributed by atoms with E-state index < -0.39 is 24.9 Å². The number of carbonyl (C=O) groups is 1. The van der Waals surface area contributed by atoms with Gasteiger partial charge in [0.2, 0.25) is 0 Å². The lowest BCUT2D eigenvalue weighted by Crippen LogP contribution is -2.45. The molecule has 138 valence electrons. The van der Waals surface area contributed by atoms with E-state index in [0.717, 1.165) is 5.56 Å². The SMILES string of the molecule is COC(=O)c1ccc([C@H]2CN(c3cc(Cl)nnc3N)C[C@@H](CF)O2)cc1. The summed E-state index contributed by atoms with van der Waals surface area (Å²) in [6.45, 7) is 0.110. The Morgan fingerprint density at radius 2 is 2.12 bits per heavy atom. The number of nitrogens with two attached hydrogens (primary N) is 1. The van der Waals surface area contributed by atoms with E-state index in [1.807, 2.05) is 4.90 Å². The number of aromatic nitrogens is 2. The van der Waals surface area contributed by atoms with Crippen LogP contribution < -0.4 is 10.6 Å². The summed E-state index contributed by atoms with van der Waals surface area (Å²) in [7, 11) is 1.32. The number of esters is 1. The number of benzene rings is 1. The molecule has 1 aromatic heterocycles. The van der Waals surface area contributed by atoms with E-state index in [4.69, 9.17) is 22.1 Å². The first kappa shape index (κ1) is 18.3. The highest BCUT2D eigenvalue weighted by Crippen LogP contribution is 2.32. The van der Waals surface area contributed by atoms with Crippen LogP contribution in [0.15, 0.2) is 30.3 Å². The van der Waals surface area contributed by atoms with Gasteiger partial charge < -0.3 is 20.1 Å². The summed E-state index contributed by atoms with van der Waals surface area (Å²) in [5.74, 6) is -0.205. The summed E-state index contributed by atoms with van der Waals surface area (Å²) in [6, 6.07) is 8.41. The highest BCUT2D eigenvalue weighted by atomic mass is 35.5. The topological polar surface area (TPSA) is 90.6 Å². The van der Waals surface area contributed by atoms with Crippen LogP contribution in [0.5, 0.6) is 0 Å². The number of hydrogen-bond donors (Lipinski definition) is 1. The Kier molecular flexibility index (Phi) is 5.53. The first-order chi connectivity index (χ1) is 12.5. The predicted molar refractivity (Wildman–Crippen MR) is 95.0 cm³/mol. The van der Waals surface area contributed by atoms with Gasteiger partial charge in [-0.05, 0) is 17.7 Å². The summed E-state index contributed by atoms with van der Waals surface area (Å²) in [6.07, 6.45) is -1.03. The lowest BCUT2D eigenvalue weighted by atomic mass is 10.0. The molecule has 1 fully saturated rings. The maximum Gasteiger partial charge on any atom is 0.337 e. The molecule has 2 atom stereocenters. The van der Waals surface area contributed by atoms with E-state index in [0.29, 0.717) is 24.3 Å². The maximum absolute atomic E-state index is 13.4. The number of halogens is 2. The van der Waals surface area contributed by atoms with Crippen molar-refractivity contribution < 1.29 is 18.7 Å². The van der Waals surface area contributed by atoms with E-state index in [9.17, 15) is 9.18 Å². The monoisotopic (exact) mass is 380 g/mol. The van der Waals surface area contributed by atoms with Gasteiger partial charge in [0.15, 0.2) is 11.0 Å². The van der Waals surface area contributed by atoms with E-state index in [1.54, 1.807) is 30.3 Å². The largest absolute Gasteiger partial charge is 0.465 e. The van der Waals surface area contributed by atoms with Crippen LogP contribution in [0.4, 0.5) is 15.9 Å². The molecule has 0 unspecified atom stereocenters. The van der Waals surface area contributed by atoms with Crippen LogP contribution in [0.2, 0.25) is 5.15 Å². The van der Waals surface area contributed by atoms with E-state index in [2.05, 4.69) is 14.9 Å². The first-order valence-corrected chi connectivity index (χ1v) is 8.33. The van der Waals surface area contributed by atoms with Crippen molar-refractivity contribution >= 4 is 29.1 Å². The fourth-order valence-electron chi connectivity index (χ4n) is 2.88. The molecule has 2 heterocycles. The van der Waals surface area contributed by atoms with Crippen LogP contribution in [0.3, 0.4) is 0 Å². The smallest absolute Gasteiger partial charge is 0.337 e. The minimum Gasteiger partial charge on any atom is -0.465 e. The van der Waals surface area contributed by atoms with Crippen molar-refractivity contribution in [3.8, 4) is 0 Å². The molecule has 3 rings (SSSR count). The van der Waals surface area contributed by atoms with Crippen LogP contribution in [0.25, 0.3) is 0 Å². The number of alkyl halides is 1. The number of nitrogens with zero attached hydrogens (tertiary/aromatic N) is 3. The Morgan fingerprint density at radius 3 is 2.77 bits per heavy atom. The van der Waals surface area contributed by atoms with E-state index in [1.165, 1.54) is 7.11 Å². The lowest BCUT2D eigenvalue weighted by Gasteiger charge is -2.38. The van der Waals surface area contributed by atoms with E-state index >= 15 is 0 Å². The third kappa shape index (κ3) is 3.86. The third-order valence-electron chi connectivity index (χ3n) is 4.15. The molecule has 7 nitrogen and oxygen atoms in total. The molecule has 1 aliphatic rings. The molecule has 2 N–H and O–H groups in total. The van der Waals surface area contributed by atoms with Crippen LogP contribution in [0.1, 0.15) is 22.0 Å². The fourth-order valence-corrected chi connectivity index (χ4v) is 3.02. The molecule has 1 saturated heterocycles. The number of rotatable bonds is 4. The Labute approximate surface area is 154 Å². The Bertz CT molecular complexity index is 790. The molecule has 1 aliphatic heterocycles. The van der Waals surface area contributed by atoms with Crippen molar-refractivity contribution in [3.05, 3.63) is 46.6 Å². The van der Waals surface area contributed by atoms with Crippen molar-refractivity contribution in [3.63, 3.8) is 0 Å². The van der Waals surface area contributed by atoms with Crippen molar-refractivity contribution in [2.75, 3.05) is 37.5 Å². The number of ether oxygens (including phenoxy) is 2. The molecule has 26 heavy (non-hydrogen) atoms. The second-order valence-electron chi connectivity index (χ2n) is 5.86. The van der Waals surface area contributed by atoms with Crippen LogP contribution in [-0.4, -0.2) is 49.1 Å². The van der Waals surface area contributed by atoms with E-state index in [-0.39, 0.29) is 11.0 Å². The van der Waals surface area contributed by atoms with Crippen molar-refractivity contribution in [2.24, 2.45) is 0 Å². The fraction of sp³-hybridized carbons (Fsp3) is 0.353. The molecule has 0 spiro atoms. The predicted octanol–water partition coefficient (Wildman–Crippen LogP) is 2.41. The standard InChI is InChI=1S/C17H18ClFN4O3/c1-25-17(24)11-4-2-10(3-5-11)14-9-23(8-12(7-19)26-14)13-6-15(18)21-22-16(13)20/h2-6,12,14H,7-9H2,1H3,(H2,20,22)/t12-,14-/m1/s1. The molecule has 2 aromatic rings. The Hall–Kier alpha value is -2.45. The lowest BCUT2D eigenvalue weighted by molar-refractivity contribution is -0.0380. The van der Waals surface area contributed by atoms with Crippen molar-refractivity contribution in [1.29, 1.82) is 0 Å². The molecule has 0 radical (unpaired) electrons. The quantitative estimate of drug-likeness (QED) is 0.814. The van der Waals surface area contributed by atoms with Crippen molar-refractivity contribution in [2.45, 2.75) is 12.2 Å². The summed E-state index contributed by atoms with van der Waals surface area (Å²) in [5.41, 5.74) is 7.73. The van der Waals surface area contributed by atoms with Gasteiger partial charge in [0.1, 0.15) is 18.9 Å². The van der Waals surface area contributed by atoms with Crippen molar-refractivity contribution in [1.82, 2.24) is 10.2 Å². The van der Waals surface area contributed by atoms with Gasteiger partial charge in [-0.15, -0.1) is 10.2 Å². The molecule has 0 amide bonds. The van der Waals surface area contributed by atoms with Gasteiger partial charge in [0.05, 0.1) is 18.4 Å². The van der Waals surface area contributed by atoms with Crippen LogP contribution >= 0.6 is 11.6 Å². The summed E-state index contributed by atoms with van der Waals surface area (Å²) < 4.78 is 23.9. The Balaban J connectivity index is 1.85. The van der Waals surface area contributed by atoms with Crippen LogP contribution in [0, 0.1) is 0 Å². The number of nitrogen functional groups attached to an aromatic ring is 1. The number of anilines is 2. The first-order valence-electron chi connectivity index (χ1n) is 7.95. The third-order valence-corrected chi connectivity index (χ3v) is 4.34. The molecular formula is C17H18ClFN4O3. The number of methoxy groups -OCH3 is 1. The molecular weight excluding hydrogens is 363 g/mol. The van der Waals surface area contributed by atoms with Gasteiger partial charge in [0.25, 0.3) is 0 Å². The Morgan fingerprint density at radius 1 is 1.38 bits per heavy atom. The average Bonchev–Trinajstić information content (AvgIpc) is 2.68. The van der Waals surface area contributed by atoms with Gasteiger partial charge in [-0.3, -0.25) is 0 Å².